The first-order valence-corrected chi connectivity index (χ1v) is 9.83. The average molecular weight is 482 g/mol. The third kappa shape index (κ3) is 7.91. The summed E-state index contributed by atoms with van der Waals surface area (Å²) in [6.45, 7) is 5.71. The molecular weight excluding hydrogens is 451 g/mol. The third-order valence-corrected chi connectivity index (χ3v) is 5.88. The van der Waals surface area contributed by atoms with E-state index in [0.29, 0.717) is 13.1 Å². The highest BCUT2D eigenvalue weighted by Crippen LogP contribution is 2.09. The van der Waals surface area contributed by atoms with Gasteiger partial charge in [-0.3, -0.25) is 4.99 Å². The number of sulfonamides is 1. The Bertz CT molecular complexity index is 650. The van der Waals surface area contributed by atoms with E-state index in [-0.39, 0.29) is 29.7 Å². The van der Waals surface area contributed by atoms with Crippen LogP contribution in [0.15, 0.2) is 29.3 Å². The van der Waals surface area contributed by atoms with Crippen LogP contribution in [0.4, 0.5) is 0 Å². The smallest absolute Gasteiger partial charge is 0.213 e. The maximum Gasteiger partial charge on any atom is 0.213 e. The van der Waals surface area contributed by atoms with Crippen molar-refractivity contribution in [2.75, 3.05) is 40.0 Å². The van der Waals surface area contributed by atoms with E-state index < -0.39 is 10.0 Å². The minimum atomic E-state index is -3.10. The van der Waals surface area contributed by atoms with E-state index in [1.54, 1.807) is 21.0 Å². The van der Waals surface area contributed by atoms with E-state index in [0.717, 1.165) is 18.9 Å². The van der Waals surface area contributed by atoms with Crippen LogP contribution in [-0.2, 0) is 16.6 Å². The second kappa shape index (κ2) is 11.7. The standard InChI is InChI=1S/C17H30N4O2S.HI/c1-6-24(22,23)21(5)13-9-12-19-17(18-3)20(4)14-16-11-8-7-10-15(16)2;/h7-8,10-11H,6,9,12-14H2,1-5H3,(H,18,19);1H. The highest BCUT2D eigenvalue weighted by molar-refractivity contribution is 14.0. The summed E-state index contributed by atoms with van der Waals surface area (Å²) >= 11 is 0. The van der Waals surface area contributed by atoms with E-state index in [1.807, 2.05) is 19.2 Å². The molecule has 0 saturated heterocycles. The minimum absolute atomic E-state index is 0. The molecule has 144 valence electrons. The molecule has 0 heterocycles. The summed E-state index contributed by atoms with van der Waals surface area (Å²) < 4.78 is 24.8. The van der Waals surface area contributed by atoms with Gasteiger partial charge in [-0.25, -0.2) is 12.7 Å². The number of guanidine groups is 1. The molecule has 0 unspecified atom stereocenters. The molecule has 0 aliphatic heterocycles. The fraction of sp³-hybridized carbons (Fsp3) is 0.588. The highest BCUT2D eigenvalue weighted by atomic mass is 127. The second-order valence-electron chi connectivity index (χ2n) is 5.83. The molecule has 0 saturated carbocycles. The van der Waals surface area contributed by atoms with Crippen molar-refractivity contribution in [3.05, 3.63) is 35.4 Å². The molecule has 8 heteroatoms. The molecule has 0 amide bonds. The lowest BCUT2D eigenvalue weighted by atomic mass is 10.1. The second-order valence-corrected chi connectivity index (χ2v) is 8.20. The zero-order valence-corrected chi connectivity index (χ0v) is 19.0. The summed E-state index contributed by atoms with van der Waals surface area (Å²) in [6, 6.07) is 8.29. The fourth-order valence-electron chi connectivity index (χ4n) is 2.36. The van der Waals surface area contributed by atoms with E-state index in [4.69, 9.17) is 0 Å². The van der Waals surface area contributed by atoms with Crippen LogP contribution in [0.5, 0.6) is 0 Å². The van der Waals surface area contributed by atoms with Gasteiger partial charge in [0.15, 0.2) is 5.96 Å². The molecule has 0 aromatic heterocycles. The van der Waals surface area contributed by atoms with E-state index in [1.165, 1.54) is 15.4 Å². The van der Waals surface area contributed by atoms with Crippen LogP contribution < -0.4 is 5.32 Å². The minimum Gasteiger partial charge on any atom is -0.356 e. The van der Waals surface area contributed by atoms with Crippen molar-refractivity contribution >= 4 is 40.0 Å². The average Bonchev–Trinajstić information content (AvgIpc) is 2.56. The number of rotatable bonds is 8. The van der Waals surface area contributed by atoms with E-state index in [9.17, 15) is 8.42 Å². The van der Waals surface area contributed by atoms with Crippen LogP contribution >= 0.6 is 24.0 Å². The Morgan fingerprint density at radius 2 is 1.88 bits per heavy atom. The van der Waals surface area contributed by atoms with Gasteiger partial charge in [0.1, 0.15) is 0 Å². The lowest BCUT2D eigenvalue weighted by Crippen LogP contribution is -2.40. The van der Waals surface area contributed by atoms with Crippen molar-refractivity contribution in [2.45, 2.75) is 26.8 Å². The van der Waals surface area contributed by atoms with Crippen molar-refractivity contribution in [3.8, 4) is 0 Å². The van der Waals surface area contributed by atoms with Gasteiger partial charge in [0.25, 0.3) is 0 Å². The van der Waals surface area contributed by atoms with Gasteiger partial charge >= 0.3 is 0 Å². The van der Waals surface area contributed by atoms with Gasteiger partial charge in [-0.2, -0.15) is 0 Å². The van der Waals surface area contributed by atoms with E-state index >= 15 is 0 Å². The number of hydrogen-bond acceptors (Lipinski definition) is 3. The number of aliphatic imine (C=N–C) groups is 1. The molecule has 6 nitrogen and oxygen atoms in total. The lowest BCUT2D eigenvalue weighted by molar-refractivity contribution is 0.450. The summed E-state index contributed by atoms with van der Waals surface area (Å²) in [5.41, 5.74) is 2.52. The first-order chi connectivity index (χ1) is 11.3. The quantitative estimate of drug-likeness (QED) is 0.267. The predicted octanol–water partition coefficient (Wildman–Crippen LogP) is 2.29. The molecule has 0 atom stereocenters. The molecule has 0 bridgehead atoms. The molecule has 0 aliphatic carbocycles. The Morgan fingerprint density at radius 3 is 2.44 bits per heavy atom. The number of nitrogens with zero attached hydrogens (tertiary/aromatic N) is 3. The topological polar surface area (TPSA) is 65.0 Å². The molecule has 0 radical (unpaired) electrons. The molecule has 1 N–H and O–H groups in total. The van der Waals surface area contributed by atoms with Crippen LogP contribution in [0.3, 0.4) is 0 Å². The normalized spacial score (nSPS) is 12.0. The maximum atomic E-state index is 11.7. The Hall–Kier alpha value is -0.870. The fourth-order valence-corrected chi connectivity index (χ4v) is 3.21. The summed E-state index contributed by atoms with van der Waals surface area (Å²) in [6.07, 6.45) is 0.729. The number of benzene rings is 1. The Labute approximate surface area is 169 Å². The number of nitrogens with one attached hydrogen (secondary N) is 1. The van der Waals surface area contributed by atoms with Gasteiger partial charge in [0.2, 0.25) is 10.0 Å². The number of halogens is 1. The molecule has 1 aromatic carbocycles. The Balaban J connectivity index is 0.00000576. The maximum absolute atomic E-state index is 11.7. The van der Waals surface area contributed by atoms with Crippen molar-refractivity contribution < 1.29 is 8.42 Å². The summed E-state index contributed by atoms with van der Waals surface area (Å²) in [5, 5.41) is 3.29. The van der Waals surface area contributed by atoms with Crippen LogP contribution in [0, 0.1) is 6.92 Å². The van der Waals surface area contributed by atoms with Crippen molar-refractivity contribution in [3.63, 3.8) is 0 Å². The van der Waals surface area contributed by atoms with Crippen LogP contribution in [0.2, 0.25) is 0 Å². The number of aryl methyl sites for hydroxylation is 1. The summed E-state index contributed by atoms with van der Waals surface area (Å²) in [7, 11) is 2.27. The molecular formula is C17H31IN4O2S. The first kappa shape index (κ1) is 24.1. The lowest BCUT2D eigenvalue weighted by Gasteiger charge is -2.23. The zero-order valence-electron chi connectivity index (χ0n) is 15.8. The zero-order chi connectivity index (χ0) is 18.2. The largest absolute Gasteiger partial charge is 0.356 e. The van der Waals surface area contributed by atoms with Gasteiger partial charge in [-0.15, -0.1) is 24.0 Å². The Morgan fingerprint density at radius 1 is 1.24 bits per heavy atom. The molecule has 0 spiro atoms. The van der Waals surface area contributed by atoms with Crippen molar-refractivity contribution in [2.24, 2.45) is 4.99 Å². The molecule has 1 rings (SSSR count). The molecule has 0 aliphatic rings. The highest BCUT2D eigenvalue weighted by Gasteiger charge is 2.14. The van der Waals surface area contributed by atoms with Crippen molar-refractivity contribution in [1.29, 1.82) is 0 Å². The Kier molecular flexibility index (Phi) is 11.3. The van der Waals surface area contributed by atoms with E-state index in [2.05, 4.69) is 34.3 Å². The SMILES string of the molecule is CCS(=O)(=O)N(C)CCCNC(=NC)N(C)Cc1ccccc1C.I. The predicted molar refractivity (Wildman–Crippen MR) is 116 cm³/mol. The molecule has 1 aromatic rings. The molecule has 25 heavy (non-hydrogen) atoms. The third-order valence-electron chi connectivity index (χ3n) is 4.01. The van der Waals surface area contributed by atoms with Crippen LogP contribution in [0.1, 0.15) is 24.5 Å². The van der Waals surface area contributed by atoms with Crippen LogP contribution in [0.25, 0.3) is 0 Å². The van der Waals surface area contributed by atoms with Gasteiger partial charge in [-0.05, 0) is 31.4 Å². The van der Waals surface area contributed by atoms with Crippen LogP contribution in [-0.4, -0.2) is 63.6 Å². The van der Waals surface area contributed by atoms with Gasteiger partial charge < -0.3 is 10.2 Å². The summed E-state index contributed by atoms with van der Waals surface area (Å²) in [5.74, 6) is 0.942. The number of hydrogen-bond donors (Lipinski definition) is 1. The van der Waals surface area contributed by atoms with Gasteiger partial charge in [0, 0.05) is 40.8 Å². The van der Waals surface area contributed by atoms with Gasteiger partial charge in [0.05, 0.1) is 5.75 Å². The monoisotopic (exact) mass is 482 g/mol. The van der Waals surface area contributed by atoms with Gasteiger partial charge in [-0.1, -0.05) is 24.3 Å². The first-order valence-electron chi connectivity index (χ1n) is 8.22. The summed E-state index contributed by atoms with van der Waals surface area (Å²) in [4.78, 5) is 6.36. The molecule has 0 fully saturated rings. The van der Waals surface area contributed by atoms with Crippen molar-refractivity contribution in [1.82, 2.24) is 14.5 Å².